The lowest BCUT2D eigenvalue weighted by Crippen LogP contribution is -2.16. The first kappa shape index (κ1) is 19.1. The fourth-order valence-corrected chi connectivity index (χ4v) is 3.20. The van der Waals surface area contributed by atoms with Crippen molar-refractivity contribution < 1.29 is 9.53 Å². The molecule has 0 bridgehead atoms. The van der Waals surface area contributed by atoms with E-state index in [1.807, 2.05) is 31.2 Å². The quantitative estimate of drug-likeness (QED) is 0.463. The Bertz CT molecular complexity index is 947. The molecule has 0 saturated carbocycles. The number of amides is 1. The van der Waals surface area contributed by atoms with E-state index in [0.717, 1.165) is 11.3 Å². The predicted molar refractivity (Wildman–Crippen MR) is 108 cm³/mol. The van der Waals surface area contributed by atoms with Crippen LogP contribution in [0, 0.1) is 0 Å². The summed E-state index contributed by atoms with van der Waals surface area (Å²) in [6, 6.07) is 14.4. The molecule has 1 amide bonds. The number of nitrogens with two attached hydrogens (primary N) is 1. The summed E-state index contributed by atoms with van der Waals surface area (Å²) in [5, 5.41) is 12.0. The number of aromatic nitrogens is 3. The Morgan fingerprint density at radius 2 is 2.07 bits per heavy atom. The van der Waals surface area contributed by atoms with Gasteiger partial charge in [-0.1, -0.05) is 41.6 Å². The minimum Gasteiger partial charge on any atom is -0.494 e. The lowest BCUT2D eigenvalue weighted by atomic mass is 10.2. The molecule has 7 nitrogen and oxygen atoms in total. The number of anilines is 1. The molecule has 0 spiro atoms. The normalized spacial score (nSPS) is 10.6. The van der Waals surface area contributed by atoms with Gasteiger partial charge in [-0.3, -0.25) is 4.79 Å². The molecule has 27 heavy (non-hydrogen) atoms. The summed E-state index contributed by atoms with van der Waals surface area (Å²) < 4.78 is 6.86. The van der Waals surface area contributed by atoms with Crippen LogP contribution in [-0.2, 0) is 4.79 Å². The SMILES string of the molecule is CCOc1cccc(-c2nnc(SCC(=O)Nc3cccc(Cl)c3)n2N)c1. The topological polar surface area (TPSA) is 95.1 Å². The summed E-state index contributed by atoms with van der Waals surface area (Å²) in [6.07, 6.45) is 0. The Kier molecular flexibility index (Phi) is 6.20. The van der Waals surface area contributed by atoms with Gasteiger partial charge >= 0.3 is 0 Å². The summed E-state index contributed by atoms with van der Waals surface area (Å²) in [7, 11) is 0. The lowest BCUT2D eigenvalue weighted by Gasteiger charge is -2.07. The van der Waals surface area contributed by atoms with Crippen LogP contribution in [0.15, 0.2) is 53.7 Å². The second-order valence-electron chi connectivity index (χ2n) is 5.48. The van der Waals surface area contributed by atoms with Crippen molar-refractivity contribution in [3.8, 4) is 17.1 Å². The van der Waals surface area contributed by atoms with Crippen LogP contribution >= 0.6 is 23.4 Å². The summed E-state index contributed by atoms with van der Waals surface area (Å²) in [5.74, 6) is 7.27. The number of halogens is 1. The molecule has 0 atom stereocenters. The summed E-state index contributed by atoms with van der Waals surface area (Å²) in [5.41, 5.74) is 1.42. The highest BCUT2D eigenvalue weighted by molar-refractivity contribution is 7.99. The largest absolute Gasteiger partial charge is 0.494 e. The molecule has 0 fully saturated rings. The van der Waals surface area contributed by atoms with Gasteiger partial charge < -0.3 is 15.9 Å². The van der Waals surface area contributed by atoms with Crippen LogP contribution in [0.3, 0.4) is 0 Å². The fourth-order valence-electron chi connectivity index (χ4n) is 2.36. The van der Waals surface area contributed by atoms with Crippen molar-refractivity contribution in [3.63, 3.8) is 0 Å². The van der Waals surface area contributed by atoms with E-state index in [9.17, 15) is 4.79 Å². The molecular weight excluding hydrogens is 386 g/mol. The Labute approximate surface area is 165 Å². The second-order valence-corrected chi connectivity index (χ2v) is 6.86. The smallest absolute Gasteiger partial charge is 0.234 e. The van der Waals surface area contributed by atoms with Crippen LogP contribution < -0.4 is 15.9 Å². The van der Waals surface area contributed by atoms with E-state index in [1.165, 1.54) is 16.4 Å². The van der Waals surface area contributed by atoms with E-state index in [1.54, 1.807) is 24.3 Å². The molecule has 0 unspecified atom stereocenters. The van der Waals surface area contributed by atoms with E-state index in [0.29, 0.717) is 28.3 Å². The zero-order chi connectivity index (χ0) is 19.2. The number of nitrogen functional groups attached to an aromatic ring is 1. The predicted octanol–water partition coefficient (Wildman–Crippen LogP) is 3.44. The monoisotopic (exact) mass is 403 g/mol. The third-order valence-corrected chi connectivity index (χ3v) is 4.69. The maximum Gasteiger partial charge on any atom is 0.234 e. The number of rotatable bonds is 7. The highest BCUT2D eigenvalue weighted by Crippen LogP contribution is 2.25. The Morgan fingerprint density at radius 1 is 1.26 bits per heavy atom. The van der Waals surface area contributed by atoms with Crippen molar-refractivity contribution in [2.75, 3.05) is 23.5 Å². The molecule has 0 aliphatic heterocycles. The van der Waals surface area contributed by atoms with Crippen molar-refractivity contribution in [1.29, 1.82) is 0 Å². The lowest BCUT2D eigenvalue weighted by molar-refractivity contribution is -0.113. The number of thioether (sulfide) groups is 1. The van der Waals surface area contributed by atoms with Crippen molar-refractivity contribution in [3.05, 3.63) is 53.6 Å². The number of carbonyl (C=O) groups is 1. The molecule has 0 aliphatic rings. The molecule has 3 rings (SSSR count). The van der Waals surface area contributed by atoms with Gasteiger partial charge in [-0.05, 0) is 37.3 Å². The number of ether oxygens (including phenoxy) is 1. The molecule has 0 radical (unpaired) electrons. The third kappa shape index (κ3) is 4.93. The number of hydrogen-bond acceptors (Lipinski definition) is 6. The maximum absolute atomic E-state index is 12.1. The zero-order valence-corrected chi connectivity index (χ0v) is 16.1. The molecule has 1 heterocycles. The van der Waals surface area contributed by atoms with Gasteiger partial charge in [0.25, 0.3) is 0 Å². The van der Waals surface area contributed by atoms with E-state index in [4.69, 9.17) is 22.2 Å². The van der Waals surface area contributed by atoms with Crippen LogP contribution in [0.25, 0.3) is 11.4 Å². The van der Waals surface area contributed by atoms with Gasteiger partial charge in [0.15, 0.2) is 5.82 Å². The number of carbonyl (C=O) groups excluding carboxylic acids is 1. The van der Waals surface area contributed by atoms with E-state index in [-0.39, 0.29) is 11.7 Å². The molecule has 0 aliphatic carbocycles. The zero-order valence-electron chi connectivity index (χ0n) is 14.6. The average Bonchev–Trinajstić information content (AvgIpc) is 3.01. The maximum atomic E-state index is 12.1. The van der Waals surface area contributed by atoms with Crippen molar-refractivity contribution in [2.45, 2.75) is 12.1 Å². The van der Waals surface area contributed by atoms with Gasteiger partial charge in [0.05, 0.1) is 12.4 Å². The van der Waals surface area contributed by atoms with Crippen LogP contribution in [0.5, 0.6) is 5.75 Å². The molecular formula is C18H18ClN5O2S. The summed E-state index contributed by atoms with van der Waals surface area (Å²) in [4.78, 5) is 12.1. The highest BCUT2D eigenvalue weighted by Gasteiger charge is 2.14. The minimum absolute atomic E-state index is 0.140. The van der Waals surface area contributed by atoms with Crippen LogP contribution in [0.1, 0.15) is 6.92 Å². The Morgan fingerprint density at radius 3 is 2.85 bits per heavy atom. The minimum atomic E-state index is -0.190. The highest BCUT2D eigenvalue weighted by atomic mass is 35.5. The number of nitrogens with zero attached hydrogens (tertiary/aromatic N) is 3. The van der Waals surface area contributed by atoms with Crippen molar-refractivity contribution in [1.82, 2.24) is 14.9 Å². The number of hydrogen-bond donors (Lipinski definition) is 2. The van der Waals surface area contributed by atoms with Crippen LogP contribution in [0.4, 0.5) is 5.69 Å². The third-order valence-electron chi connectivity index (χ3n) is 3.51. The van der Waals surface area contributed by atoms with Gasteiger partial charge in [-0.15, -0.1) is 10.2 Å². The van der Waals surface area contributed by atoms with Gasteiger partial charge in [-0.2, -0.15) is 0 Å². The molecule has 9 heteroatoms. The first-order valence-electron chi connectivity index (χ1n) is 8.18. The summed E-state index contributed by atoms with van der Waals surface area (Å²) >= 11 is 7.11. The Balaban J connectivity index is 1.65. The molecule has 140 valence electrons. The molecule has 0 saturated heterocycles. The first-order valence-corrected chi connectivity index (χ1v) is 9.55. The van der Waals surface area contributed by atoms with Crippen molar-refractivity contribution >= 4 is 35.0 Å². The first-order chi connectivity index (χ1) is 13.1. The standard InChI is InChI=1S/C18H18ClN5O2S/c1-2-26-15-8-3-5-12(9-15)17-22-23-18(24(17)20)27-11-16(25)21-14-7-4-6-13(19)10-14/h3-10H,2,11,20H2,1H3,(H,21,25). The average molecular weight is 404 g/mol. The molecule has 2 aromatic carbocycles. The van der Waals surface area contributed by atoms with E-state index in [2.05, 4.69) is 15.5 Å². The van der Waals surface area contributed by atoms with Gasteiger partial charge in [0.2, 0.25) is 11.1 Å². The molecule has 3 N–H and O–H groups in total. The molecule has 3 aromatic rings. The van der Waals surface area contributed by atoms with E-state index < -0.39 is 0 Å². The van der Waals surface area contributed by atoms with Crippen LogP contribution in [-0.4, -0.2) is 33.1 Å². The van der Waals surface area contributed by atoms with Crippen LogP contribution in [0.2, 0.25) is 5.02 Å². The number of benzene rings is 2. The molecule has 1 aromatic heterocycles. The fraction of sp³-hybridized carbons (Fsp3) is 0.167. The second kappa shape index (κ2) is 8.79. The number of nitrogens with one attached hydrogen (secondary N) is 1. The van der Waals surface area contributed by atoms with E-state index >= 15 is 0 Å². The Hall–Kier alpha value is -2.71. The van der Waals surface area contributed by atoms with Crippen molar-refractivity contribution in [2.24, 2.45) is 0 Å². The van der Waals surface area contributed by atoms with Gasteiger partial charge in [0, 0.05) is 16.3 Å². The summed E-state index contributed by atoms with van der Waals surface area (Å²) in [6.45, 7) is 2.49. The van der Waals surface area contributed by atoms with Gasteiger partial charge in [0.1, 0.15) is 5.75 Å². The van der Waals surface area contributed by atoms with Gasteiger partial charge in [-0.25, -0.2) is 4.68 Å².